The second-order valence-electron chi connectivity index (χ2n) is 5.17. The van der Waals surface area contributed by atoms with Crippen molar-refractivity contribution in [2.45, 2.75) is 13.0 Å². The van der Waals surface area contributed by atoms with Crippen LogP contribution in [-0.2, 0) is 4.79 Å². The lowest BCUT2D eigenvalue weighted by atomic mass is 10.1. The van der Waals surface area contributed by atoms with Crippen molar-refractivity contribution in [1.82, 2.24) is 5.43 Å². The van der Waals surface area contributed by atoms with Crippen LogP contribution in [0.2, 0.25) is 0 Å². The molecule has 4 nitrogen and oxygen atoms in total. The third-order valence-electron chi connectivity index (χ3n) is 3.24. The summed E-state index contributed by atoms with van der Waals surface area (Å²) in [5.74, 6) is -0.561. The third-order valence-corrected chi connectivity index (χ3v) is 3.24. The number of carbonyl (C=O) groups excluding carboxylic acids is 1. The number of rotatable bonds is 6. The smallest absolute Gasteiger partial charge is 0.273 e. The van der Waals surface area contributed by atoms with E-state index < -0.39 is 12.0 Å². The van der Waals surface area contributed by atoms with Gasteiger partial charge in [-0.25, -0.2) is 5.43 Å². The molecule has 4 heteroatoms. The van der Waals surface area contributed by atoms with Gasteiger partial charge in [-0.3, -0.25) is 4.79 Å². The van der Waals surface area contributed by atoms with Crippen molar-refractivity contribution in [2.75, 3.05) is 0 Å². The van der Waals surface area contributed by atoms with E-state index in [1.807, 2.05) is 54.6 Å². The number of hydrogen-bond donors (Lipinski definition) is 2. The van der Waals surface area contributed by atoms with Crippen LogP contribution in [0, 0.1) is 0 Å². The highest BCUT2D eigenvalue weighted by Crippen LogP contribution is 2.11. The SMILES string of the molecule is CC(/C=C/C=C/c1ccccc1)=N/NC(=O)[C@@H](O)c1ccccc1. The zero-order valence-electron chi connectivity index (χ0n) is 13.5. The van der Waals surface area contributed by atoms with E-state index in [1.54, 1.807) is 37.3 Å². The van der Waals surface area contributed by atoms with E-state index in [4.69, 9.17) is 0 Å². The first-order valence-corrected chi connectivity index (χ1v) is 7.64. The summed E-state index contributed by atoms with van der Waals surface area (Å²) in [4.78, 5) is 11.9. The number of hydrogen-bond acceptors (Lipinski definition) is 3. The van der Waals surface area contributed by atoms with Gasteiger partial charge in [-0.2, -0.15) is 5.10 Å². The highest BCUT2D eigenvalue weighted by molar-refractivity contribution is 5.94. The number of aliphatic hydroxyl groups is 1. The van der Waals surface area contributed by atoms with Gasteiger partial charge in [0.05, 0.1) is 5.71 Å². The summed E-state index contributed by atoms with van der Waals surface area (Å²) in [6.07, 6.45) is 6.25. The summed E-state index contributed by atoms with van der Waals surface area (Å²) < 4.78 is 0. The summed E-state index contributed by atoms with van der Waals surface area (Å²) in [5.41, 5.74) is 4.63. The Labute approximate surface area is 141 Å². The van der Waals surface area contributed by atoms with Gasteiger partial charge < -0.3 is 5.11 Å². The molecule has 1 amide bonds. The fraction of sp³-hybridized carbons (Fsp3) is 0.100. The Morgan fingerprint density at radius 2 is 1.67 bits per heavy atom. The molecule has 0 spiro atoms. The molecule has 0 aliphatic carbocycles. The van der Waals surface area contributed by atoms with Crippen LogP contribution < -0.4 is 5.43 Å². The molecule has 0 unspecified atom stereocenters. The molecule has 122 valence electrons. The quantitative estimate of drug-likeness (QED) is 0.486. The zero-order valence-corrected chi connectivity index (χ0v) is 13.5. The molecule has 0 radical (unpaired) electrons. The Morgan fingerprint density at radius 3 is 2.33 bits per heavy atom. The number of benzene rings is 2. The molecular formula is C20H20N2O2. The lowest BCUT2D eigenvalue weighted by molar-refractivity contribution is -0.129. The van der Waals surface area contributed by atoms with Gasteiger partial charge in [0.1, 0.15) is 0 Å². The van der Waals surface area contributed by atoms with Crippen molar-refractivity contribution in [3.8, 4) is 0 Å². The largest absolute Gasteiger partial charge is 0.378 e. The summed E-state index contributed by atoms with van der Waals surface area (Å²) in [7, 11) is 0. The van der Waals surface area contributed by atoms with Crippen LogP contribution in [0.15, 0.2) is 84.0 Å². The Bertz CT molecular complexity index is 735. The first kappa shape index (κ1) is 17.4. The van der Waals surface area contributed by atoms with Crippen molar-refractivity contribution in [3.63, 3.8) is 0 Å². The molecule has 0 saturated heterocycles. The minimum atomic E-state index is -1.23. The van der Waals surface area contributed by atoms with Crippen LogP contribution in [-0.4, -0.2) is 16.7 Å². The molecule has 0 bridgehead atoms. The van der Waals surface area contributed by atoms with Crippen molar-refractivity contribution < 1.29 is 9.90 Å². The number of aliphatic hydroxyl groups excluding tert-OH is 1. The number of nitrogens with zero attached hydrogens (tertiary/aromatic N) is 1. The predicted molar refractivity (Wildman–Crippen MR) is 97.3 cm³/mol. The molecule has 2 aromatic carbocycles. The van der Waals surface area contributed by atoms with Crippen molar-refractivity contribution >= 4 is 17.7 Å². The fourth-order valence-electron chi connectivity index (χ4n) is 1.95. The van der Waals surface area contributed by atoms with Crippen molar-refractivity contribution in [1.29, 1.82) is 0 Å². The zero-order chi connectivity index (χ0) is 17.2. The topological polar surface area (TPSA) is 61.7 Å². The highest BCUT2D eigenvalue weighted by Gasteiger charge is 2.15. The average Bonchev–Trinajstić information content (AvgIpc) is 2.64. The number of allylic oxidation sites excluding steroid dienone is 3. The lowest BCUT2D eigenvalue weighted by Crippen LogP contribution is -2.25. The Balaban J connectivity index is 1.86. The number of nitrogens with one attached hydrogen (secondary N) is 1. The number of hydrazone groups is 1. The predicted octanol–water partition coefficient (Wildman–Crippen LogP) is 3.48. The fourth-order valence-corrected chi connectivity index (χ4v) is 1.95. The highest BCUT2D eigenvalue weighted by atomic mass is 16.3. The minimum absolute atomic E-state index is 0.532. The molecule has 0 aliphatic heterocycles. The molecule has 0 aromatic heterocycles. The van der Waals surface area contributed by atoms with Gasteiger partial charge >= 0.3 is 0 Å². The van der Waals surface area contributed by atoms with Crippen LogP contribution in [0.5, 0.6) is 0 Å². The third kappa shape index (κ3) is 5.66. The van der Waals surface area contributed by atoms with Crippen LogP contribution in [0.4, 0.5) is 0 Å². The Hall–Kier alpha value is -2.98. The minimum Gasteiger partial charge on any atom is -0.378 e. The standard InChI is InChI=1S/C20H20N2O2/c1-16(10-8-9-13-17-11-4-2-5-12-17)21-22-20(24)19(23)18-14-6-3-7-15-18/h2-15,19,23H,1H3,(H,22,24)/b10-8+,13-9+,21-16-/t19-/m0/s1. The molecule has 0 aliphatic rings. The number of carbonyl (C=O) groups is 1. The van der Waals surface area contributed by atoms with E-state index in [0.29, 0.717) is 11.3 Å². The Kier molecular flexibility index (Phi) is 6.68. The van der Waals surface area contributed by atoms with Gasteiger partial charge in [-0.1, -0.05) is 78.9 Å². The lowest BCUT2D eigenvalue weighted by Gasteiger charge is -2.08. The van der Waals surface area contributed by atoms with E-state index in [-0.39, 0.29) is 0 Å². The van der Waals surface area contributed by atoms with Gasteiger partial charge in [0.2, 0.25) is 0 Å². The normalized spacial score (nSPS) is 13.3. The van der Waals surface area contributed by atoms with Crippen LogP contribution in [0.25, 0.3) is 6.08 Å². The monoisotopic (exact) mass is 320 g/mol. The Morgan fingerprint density at radius 1 is 1.04 bits per heavy atom. The van der Waals surface area contributed by atoms with Gasteiger partial charge in [-0.15, -0.1) is 0 Å². The second-order valence-corrected chi connectivity index (χ2v) is 5.17. The molecule has 2 aromatic rings. The van der Waals surface area contributed by atoms with E-state index in [0.717, 1.165) is 5.56 Å². The van der Waals surface area contributed by atoms with E-state index in [2.05, 4.69) is 10.5 Å². The van der Waals surface area contributed by atoms with Gasteiger partial charge in [0.15, 0.2) is 6.10 Å². The van der Waals surface area contributed by atoms with Gasteiger partial charge in [0.25, 0.3) is 5.91 Å². The molecule has 0 fully saturated rings. The van der Waals surface area contributed by atoms with E-state index in [9.17, 15) is 9.90 Å². The van der Waals surface area contributed by atoms with Crippen molar-refractivity contribution in [2.24, 2.45) is 5.10 Å². The van der Waals surface area contributed by atoms with E-state index >= 15 is 0 Å². The van der Waals surface area contributed by atoms with Gasteiger partial charge in [0, 0.05) is 0 Å². The molecule has 24 heavy (non-hydrogen) atoms. The van der Waals surface area contributed by atoms with Crippen LogP contribution in [0.3, 0.4) is 0 Å². The summed E-state index contributed by atoms with van der Waals surface area (Å²) in [6.45, 7) is 1.77. The molecule has 0 heterocycles. The van der Waals surface area contributed by atoms with E-state index in [1.165, 1.54) is 0 Å². The summed E-state index contributed by atoms with van der Waals surface area (Å²) in [6, 6.07) is 18.7. The average molecular weight is 320 g/mol. The molecule has 2 N–H and O–H groups in total. The molecule has 0 saturated carbocycles. The second kappa shape index (κ2) is 9.22. The number of amides is 1. The summed E-state index contributed by atoms with van der Waals surface area (Å²) in [5, 5.41) is 13.9. The summed E-state index contributed by atoms with van der Waals surface area (Å²) >= 11 is 0. The molecular weight excluding hydrogens is 300 g/mol. The maximum atomic E-state index is 11.9. The maximum Gasteiger partial charge on any atom is 0.273 e. The maximum absolute atomic E-state index is 11.9. The first-order valence-electron chi connectivity index (χ1n) is 7.64. The van der Waals surface area contributed by atoms with Gasteiger partial charge in [-0.05, 0) is 24.1 Å². The van der Waals surface area contributed by atoms with Crippen LogP contribution >= 0.6 is 0 Å². The molecule has 2 rings (SSSR count). The molecule has 1 atom stereocenters. The van der Waals surface area contributed by atoms with Crippen molar-refractivity contribution in [3.05, 3.63) is 90.0 Å². The first-order chi connectivity index (χ1) is 11.7. The van der Waals surface area contributed by atoms with Crippen LogP contribution in [0.1, 0.15) is 24.2 Å².